The van der Waals surface area contributed by atoms with Gasteiger partial charge in [0.15, 0.2) is 0 Å². The molecule has 0 radical (unpaired) electrons. The average Bonchev–Trinajstić information content (AvgIpc) is 2.37. The first-order valence-electron chi connectivity index (χ1n) is 6.24. The Morgan fingerprint density at radius 2 is 1.68 bits per heavy atom. The smallest absolute Gasteiger partial charge is 0.744 e. The van der Waals surface area contributed by atoms with Crippen molar-refractivity contribution < 1.29 is 47.3 Å². The van der Waals surface area contributed by atoms with Gasteiger partial charge in [0, 0.05) is 0 Å². The Morgan fingerprint density at radius 1 is 1.11 bits per heavy atom. The Bertz CT molecular complexity index is 478. The quantitative estimate of drug-likeness (QED) is 0.557. The van der Waals surface area contributed by atoms with Crippen LogP contribution in [0.4, 0.5) is 0 Å². The zero-order valence-corrected chi connectivity index (χ0v) is 14.0. The molecule has 0 heterocycles. The van der Waals surface area contributed by atoms with Crippen molar-refractivity contribution in [1.29, 1.82) is 0 Å². The van der Waals surface area contributed by atoms with E-state index in [1.165, 1.54) is 56.4 Å². The van der Waals surface area contributed by atoms with Crippen LogP contribution in [0, 0.1) is 5.92 Å². The van der Waals surface area contributed by atoms with E-state index in [0.717, 1.165) is 0 Å². The molecule has 2 rings (SSSR count). The molecule has 0 aliphatic heterocycles. The second-order valence-electron chi connectivity index (χ2n) is 4.74. The zero-order chi connectivity index (χ0) is 13.0. The van der Waals surface area contributed by atoms with Crippen LogP contribution < -0.4 is 34.3 Å². The van der Waals surface area contributed by atoms with Crippen LogP contribution >= 0.6 is 0 Å². The summed E-state index contributed by atoms with van der Waals surface area (Å²) in [5, 5.41) is 0. The molecule has 0 spiro atoms. The summed E-state index contributed by atoms with van der Waals surface area (Å²) >= 11 is 0. The summed E-state index contributed by atoms with van der Waals surface area (Å²) in [4.78, 5) is -0.215. The largest absolute Gasteiger partial charge is 1.00 e. The maximum Gasteiger partial charge on any atom is 1.00 e. The molecule has 1 saturated carbocycles. The topological polar surface area (TPSA) is 66.4 Å². The van der Waals surface area contributed by atoms with Gasteiger partial charge >= 0.3 is 29.6 Å². The van der Waals surface area contributed by atoms with Crippen molar-refractivity contribution in [2.75, 3.05) is 6.61 Å². The number of ether oxygens (including phenoxy) is 1. The van der Waals surface area contributed by atoms with Crippen molar-refractivity contribution in [3.05, 3.63) is 24.3 Å². The van der Waals surface area contributed by atoms with E-state index in [0.29, 0.717) is 18.3 Å². The van der Waals surface area contributed by atoms with E-state index >= 15 is 0 Å². The Labute approximate surface area is 136 Å². The molecule has 1 aliphatic carbocycles. The standard InChI is InChI=1S/C13H18O4S.Na/c14-18(15,16)13-8-6-12(7-9-13)17-10-11-4-2-1-3-5-11;/h6-9,11H,1-5,10H2,(H,14,15,16);/q;+1/p-1. The van der Waals surface area contributed by atoms with Crippen LogP contribution in [-0.2, 0) is 10.1 Å². The molecule has 1 fully saturated rings. The molecule has 0 atom stereocenters. The second kappa shape index (κ2) is 7.64. The van der Waals surface area contributed by atoms with Gasteiger partial charge in [-0.15, -0.1) is 0 Å². The molecule has 0 N–H and O–H groups in total. The first kappa shape index (κ1) is 17.0. The zero-order valence-electron chi connectivity index (χ0n) is 11.2. The Morgan fingerprint density at radius 3 is 2.21 bits per heavy atom. The fraction of sp³-hybridized carbons (Fsp3) is 0.538. The number of benzene rings is 1. The van der Waals surface area contributed by atoms with Crippen LogP contribution in [0.5, 0.6) is 5.75 Å². The van der Waals surface area contributed by atoms with E-state index in [1.54, 1.807) is 0 Å². The summed E-state index contributed by atoms with van der Waals surface area (Å²) < 4.78 is 37.9. The molecule has 0 bridgehead atoms. The molecule has 4 nitrogen and oxygen atoms in total. The minimum absolute atomic E-state index is 0. The predicted octanol–water partition coefficient (Wildman–Crippen LogP) is -0.446. The summed E-state index contributed by atoms with van der Waals surface area (Å²) in [7, 11) is -4.36. The Kier molecular flexibility index (Phi) is 6.83. The Hall–Kier alpha value is -0.0700. The van der Waals surface area contributed by atoms with E-state index < -0.39 is 10.1 Å². The van der Waals surface area contributed by atoms with Gasteiger partial charge in [-0.05, 0) is 43.0 Å². The second-order valence-corrected chi connectivity index (χ2v) is 6.12. The van der Waals surface area contributed by atoms with Gasteiger partial charge in [-0.1, -0.05) is 19.3 Å². The molecule has 0 saturated heterocycles. The first-order valence-corrected chi connectivity index (χ1v) is 7.65. The molecule has 100 valence electrons. The Balaban J connectivity index is 0.00000180. The fourth-order valence-electron chi connectivity index (χ4n) is 2.27. The number of hydrogen-bond donors (Lipinski definition) is 0. The SMILES string of the molecule is O=S(=O)([O-])c1ccc(OCC2CCCCC2)cc1.[Na+]. The van der Waals surface area contributed by atoms with Crippen LogP contribution in [0.3, 0.4) is 0 Å². The van der Waals surface area contributed by atoms with Crippen LogP contribution in [0.1, 0.15) is 32.1 Å². The fourth-order valence-corrected chi connectivity index (χ4v) is 2.74. The molecule has 0 amide bonds. The van der Waals surface area contributed by atoms with Gasteiger partial charge < -0.3 is 9.29 Å². The normalized spacial score (nSPS) is 16.7. The molecule has 19 heavy (non-hydrogen) atoms. The molecular weight excluding hydrogens is 275 g/mol. The van der Waals surface area contributed by atoms with Gasteiger partial charge in [-0.25, -0.2) is 8.42 Å². The summed E-state index contributed by atoms with van der Waals surface area (Å²) in [6.45, 7) is 0.670. The third-order valence-electron chi connectivity index (χ3n) is 3.32. The van der Waals surface area contributed by atoms with Crippen LogP contribution in [0.2, 0.25) is 0 Å². The first-order chi connectivity index (χ1) is 8.55. The van der Waals surface area contributed by atoms with E-state index in [4.69, 9.17) is 4.74 Å². The van der Waals surface area contributed by atoms with E-state index in [1.807, 2.05) is 0 Å². The summed E-state index contributed by atoms with van der Waals surface area (Å²) in [5.41, 5.74) is 0. The van der Waals surface area contributed by atoms with Crippen LogP contribution in [0.15, 0.2) is 29.2 Å². The molecule has 1 aromatic rings. The van der Waals surface area contributed by atoms with Crippen molar-refractivity contribution in [2.45, 2.75) is 37.0 Å². The summed E-state index contributed by atoms with van der Waals surface area (Å²) in [6.07, 6.45) is 6.25. The van der Waals surface area contributed by atoms with Crippen molar-refractivity contribution in [3.8, 4) is 5.75 Å². The maximum atomic E-state index is 10.8. The third kappa shape index (κ3) is 5.44. The predicted molar refractivity (Wildman–Crippen MR) is 66.5 cm³/mol. The molecule has 1 aliphatic rings. The summed E-state index contributed by atoms with van der Waals surface area (Å²) in [6, 6.07) is 5.65. The van der Waals surface area contributed by atoms with Gasteiger partial charge in [0.1, 0.15) is 15.9 Å². The minimum Gasteiger partial charge on any atom is -0.744 e. The number of hydrogen-bond acceptors (Lipinski definition) is 4. The van der Waals surface area contributed by atoms with Crippen molar-refractivity contribution in [2.24, 2.45) is 5.92 Å². The molecular formula is C13H17NaO4S. The van der Waals surface area contributed by atoms with Gasteiger partial charge in [0.25, 0.3) is 0 Å². The van der Waals surface area contributed by atoms with Gasteiger partial charge in [-0.2, -0.15) is 0 Å². The average molecular weight is 292 g/mol. The molecule has 6 heteroatoms. The van der Waals surface area contributed by atoms with Gasteiger partial charge in [0.05, 0.1) is 11.5 Å². The third-order valence-corrected chi connectivity index (χ3v) is 4.17. The minimum atomic E-state index is -4.36. The molecule has 0 aromatic heterocycles. The van der Waals surface area contributed by atoms with E-state index in [9.17, 15) is 13.0 Å². The number of rotatable bonds is 4. The van der Waals surface area contributed by atoms with E-state index in [2.05, 4.69) is 0 Å². The van der Waals surface area contributed by atoms with Crippen LogP contribution in [0.25, 0.3) is 0 Å². The molecule has 1 aromatic carbocycles. The van der Waals surface area contributed by atoms with E-state index in [-0.39, 0.29) is 34.5 Å². The molecule has 0 unspecified atom stereocenters. The van der Waals surface area contributed by atoms with Crippen LogP contribution in [-0.4, -0.2) is 19.6 Å². The van der Waals surface area contributed by atoms with Gasteiger partial charge in [-0.3, -0.25) is 0 Å². The van der Waals surface area contributed by atoms with Gasteiger partial charge in [0.2, 0.25) is 0 Å². The van der Waals surface area contributed by atoms with Crippen molar-refractivity contribution >= 4 is 10.1 Å². The monoisotopic (exact) mass is 292 g/mol. The maximum absolute atomic E-state index is 10.8. The van der Waals surface area contributed by atoms with Crippen molar-refractivity contribution in [1.82, 2.24) is 0 Å². The van der Waals surface area contributed by atoms with Crippen molar-refractivity contribution in [3.63, 3.8) is 0 Å². The summed E-state index contributed by atoms with van der Waals surface area (Å²) in [5.74, 6) is 1.22.